The van der Waals surface area contributed by atoms with Gasteiger partial charge >= 0.3 is 5.97 Å². The van der Waals surface area contributed by atoms with Gasteiger partial charge in [0.15, 0.2) is 11.8 Å². The normalized spacial score (nSPS) is 11.9. The molecule has 1 rings (SSSR count). The van der Waals surface area contributed by atoms with Gasteiger partial charge in [-0.2, -0.15) is 0 Å². The summed E-state index contributed by atoms with van der Waals surface area (Å²) < 4.78 is 4.41. The van der Waals surface area contributed by atoms with Crippen LogP contribution in [-0.2, 0) is 9.53 Å². The second kappa shape index (κ2) is 4.70. The minimum atomic E-state index is -1.24. The number of esters is 1. The molecule has 1 atom stereocenters. The van der Waals surface area contributed by atoms with E-state index in [1.165, 1.54) is 7.11 Å². The summed E-state index contributed by atoms with van der Waals surface area (Å²) >= 11 is 0. The molecule has 2 N–H and O–H groups in total. The Bertz CT molecular complexity index is 387. The molecule has 0 aliphatic carbocycles. The molecule has 0 radical (unpaired) electrons. The summed E-state index contributed by atoms with van der Waals surface area (Å²) in [4.78, 5) is 22.8. The maximum absolute atomic E-state index is 11.7. The quantitative estimate of drug-likeness (QED) is 0.449. The van der Waals surface area contributed by atoms with Crippen LogP contribution in [0.25, 0.3) is 0 Å². The summed E-state index contributed by atoms with van der Waals surface area (Å²) in [5.41, 5.74) is 6.70. The molecule has 0 aliphatic heterocycles. The summed E-state index contributed by atoms with van der Waals surface area (Å²) in [5, 5.41) is 0. The van der Waals surface area contributed by atoms with Gasteiger partial charge in [-0.05, 0) is 12.5 Å². The fraction of sp³-hybridized carbons (Fsp3) is 0.273. The molecule has 4 nitrogen and oxygen atoms in total. The molecular weight excluding hydrogens is 194 g/mol. The van der Waals surface area contributed by atoms with Gasteiger partial charge in [0.1, 0.15) is 0 Å². The van der Waals surface area contributed by atoms with E-state index in [0.717, 1.165) is 5.56 Å². The number of aryl methyl sites for hydroxylation is 1. The smallest absolute Gasteiger partial charge is 0.330 e. The van der Waals surface area contributed by atoms with Crippen molar-refractivity contribution in [3.05, 3.63) is 35.4 Å². The van der Waals surface area contributed by atoms with Gasteiger partial charge < -0.3 is 10.5 Å². The number of hydrogen-bond donors (Lipinski definition) is 1. The maximum Gasteiger partial charge on any atom is 0.330 e. The summed E-state index contributed by atoms with van der Waals surface area (Å²) in [7, 11) is 1.20. The number of ether oxygens (including phenoxy) is 1. The number of carbonyl (C=O) groups is 2. The van der Waals surface area contributed by atoms with Crippen molar-refractivity contribution >= 4 is 11.8 Å². The zero-order valence-electron chi connectivity index (χ0n) is 8.69. The molecule has 15 heavy (non-hydrogen) atoms. The van der Waals surface area contributed by atoms with Crippen LogP contribution < -0.4 is 5.73 Å². The molecule has 0 spiro atoms. The maximum atomic E-state index is 11.7. The summed E-state index contributed by atoms with van der Waals surface area (Å²) in [6, 6.07) is 5.73. The van der Waals surface area contributed by atoms with Crippen molar-refractivity contribution in [2.24, 2.45) is 5.73 Å². The van der Waals surface area contributed by atoms with E-state index in [1.807, 2.05) is 6.07 Å². The predicted octanol–water partition coefficient (Wildman–Crippen LogP) is 0.678. The number of nitrogens with two attached hydrogens (primary N) is 1. The van der Waals surface area contributed by atoms with E-state index in [4.69, 9.17) is 5.73 Å². The van der Waals surface area contributed by atoms with Crippen molar-refractivity contribution in [2.75, 3.05) is 7.11 Å². The fourth-order valence-corrected chi connectivity index (χ4v) is 1.25. The van der Waals surface area contributed by atoms with Crippen molar-refractivity contribution in [3.63, 3.8) is 0 Å². The molecule has 0 aliphatic rings. The summed E-state index contributed by atoms with van der Waals surface area (Å²) in [6.45, 7) is 1.79. The lowest BCUT2D eigenvalue weighted by Gasteiger charge is -2.09. The molecule has 1 aromatic carbocycles. The highest BCUT2D eigenvalue weighted by Crippen LogP contribution is 2.09. The molecule has 4 heteroatoms. The fourth-order valence-electron chi connectivity index (χ4n) is 1.25. The van der Waals surface area contributed by atoms with E-state index in [-0.39, 0.29) is 0 Å². The van der Waals surface area contributed by atoms with Crippen molar-refractivity contribution in [2.45, 2.75) is 13.0 Å². The zero-order chi connectivity index (χ0) is 11.4. The van der Waals surface area contributed by atoms with E-state index >= 15 is 0 Å². The average Bonchev–Trinajstić information content (AvgIpc) is 2.26. The van der Waals surface area contributed by atoms with E-state index in [0.29, 0.717) is 5.56 Å². The Labute approximate surface area is 88.0 Å². The van der Waals surface area contributed by atoms with Gasteiger partial charge in [-0.15, -0.1) is 0 Å². The van der Waals surface area contributed by atoms with E-state index < -0.39 is 17.8 Å². The van der Waals surface area contributed by atoms with Crippen molar-refractivity contribution < 1.29 is 14.3 Å². The Kier molecular flexibility index (Phi) is 3.57. The van der Waals surface area contributed by atoms with Crippen LogP contribution in [0.2, 0.25) is 0 Å². The van der Waals surface area contributed by atoms with Gasteiger partial charge in [0, 0.05) is 5.56 Å². The average molecular weight is 207 g/mol. The van der Waals surface area contributed by atoms with E-state index in [9.17, 15) is 9.59 Å². The van der Waals surface area contributed by atoms with Crippen molar-refractivity contribution in [1.82, 2.24) is 0 Å². The Morgan fingerprint density at radius 3 is 2.47 bits per heavy atom. The van der Waals surface area contributed by atoms with Crippen LogP contribution in [-0.4, -0.2) is 24.9 Å². The minimum Gasteiger partial charge on any atom is -0.468 e. The lowest BCUT2D eigenvalue weighted by molar-refractivity contribution is -0.140. The first kappa shape index (κ1) is 11.4. The van der Waals surface area contributed by atoms with Crippen molar-refractivity contribution in [1.29, 1.82) is 0 Å². The van der Waals surface area contributed by atoms with Gasteiger partial charge in [0.25, 0.3) is 0 Å². The Morgan fingerprint density at radius 2 is 1.93 bits per heavy atom. The molecule has 1 unspecified atom stereocenters. The molecule has 0 fully saturated rings. The van der Waals surface area contributed by atoms with E-state index in [2.05, 4.69) is 4.74 Å². The van der Waals surface area contributed by atoms with E-state index in [1.54, 1.807) is 25.1 Å². The first-order chi connectivity index (χ1) is 7.07. The van der Waals surface area contributed by atoms with Crippen LogP contribution in [0.5, 0.6) is 0 Å². The van der Waals surface area contributed by atoms with Gasteiger partial charge in [-0.25, -0.2) is 4.79 Å². The zero-order valence-corrected chi connectivity index (χ0v) is 8.69. The Morgan fingerprint density at radius 1 is 1.33 bits per heavy atom. The molecule has 0 heterocycles. The SMILES string of the molecule is COC(=O)C(N)C(=O)c1ccccc1C. The summed E-state index contributed by atoms with van der Waals surface area (Å²) in [6.07, 6.45) is 0. The highest BCUT2D eigenvalue weighted by Gasteiger charge is 2.24. The molecule has 0 saturated heterocycles. The number of rotatable bonds is 3. The first-order valence-corrected chi connectivity index (χ1v) is 4.51. The Hall–Kier alpha value is -1.68. The van der Waals surface area contributed by atoms with Crippen LogP contribution >= 0.6 is 0 Å². The second-order valence-electron chi connectivity index (χ2n) is 3.18. The largest absolute Gasteiger partial charge is 0.468 e. The predicted molar refractivity (Wildman–Crippen MR) is 55.5 cm³/mol. The van der Waals surface area contributed by atoms with Crippen LogP contribution in [0.3, 0.4) is 0 Å². The third-order valence-electron chi connectivity index (χ3n) is 2.15. The highest BCUT2D eigenvalue weighted by molar-refractivity contribution is 6.12. The Balaban J connectivity index is 2.95. The molecular formula is C11H13NO3. The van der Waals surface area contributed by atoms with Crippen LogP contribution in [0.4, 0.5) is 0 Å². The molecule has 0 aromatic heterocycles. The van der Waals surface area contributed by atoms with Gasteiger partial charge in [-0.1, -0.05) is 24.3 Å². The monoisotopic (exact) mass is 207 g/mol. The van der Waals surface area contributed by atoms with Gasteiger partial charge in [-0.3, -0.25) is 4.79 Å². The second-order valence-corrected chi connectivity index (χ2v) is 3.18. The highest BCUT2D eigenvalue weighted by atomic mass is 16.5. The lowest BCUT2D eigenvalue weighted by Crippen LogP contribution is -2.39. The number of hydrogen-bond acceptors (Lipinski definition) is 4. The number of methoxy groups -OCH3 is 1. The number of Topliss-reactive ketones (excluding diaryl/α,β-unsaturated/α-hetero) is 1. The molecule has 0 saturated carbocycles. The minimum absolute atomic E-state index is 0.417. The van der Waals surface area contributed by atoms with Crippen molar-refractivity contribution in [3.8, 4) is 0 Å². The van der Waals surface area contributed by atoms with Crippen LogP contribution in [0.1, 0.15) is 15.9 Å². The van der Waals surface area contributed by atoms with Crippen LogP contribution in [0, 0.1) is 6.92 Å². The standard InChI is InChI=1S/C11H13NO3/c1-7-5-3-4-6-8(7)10(13)9(12)11(14)15-2/h3-6,9H,12H2,1-2H3. The third kappa shape index (κ3) is 2.41. The summed E-state index contributed by atoms with van der Waals surface area (Å²) in [5.74, 6) is -1.14. The van der Waals surface area contributed by atoms with Gasteiger partial charge in [0.2, 0.25) is 0 Å². The number of benzene rings is 1. The lowest BCUT2D eigenvalue weighted by atomic mass is 10.0. The number of carbonyl (C=O) groups excluding carboxylic acids is 2. The molecule has 1 aromatic rings. The molecule has 80 valence electrons. The molecule has 0 amide bonds. The van der Waals surface area contributed by atoms with Crippen LogP contribution in [0.15, 0.2) is 24.3 Å². The number of ketones is 1. The third-order valence-corrected chi connectivity index (χ3v) is 2.15. The molecule has 0 bridgehead atoms. The van der Waals surface area contributed by atoms with Gasteiger partial charge in [0.05, 0.1) is 7.11 Å². The topological polar surface area (TPSA) is 69.4 Å². The first-order valence-electron chi connectivity index (χ1n) is 4.51.